The maximum atomic E-state index is 15.1. The second kappa shape index (κ2) is 17.2. The minimum Gasteiger partial charge on any atom is -0.497 e. The molecule has 4 rings (SSSR count). The molecule has 3 N–H and O–H groups in total. The number of ether oxygens (including phenoxy) is 2. The van der Waals surface area contributed by atoms with Gasteiger partial charge in [-0.15, -0.1) is 0 Å². The van der Waals surface area contributed by atoms with E-state index in [0.717, 1.165) is 11.8 Å². The highest BCUT2D eigenvalue weighted by Crippen LogP contribution is 2.35. The summed E-state index contributed by atoms with van der Waals surface area (Å²) in [7, 11) is -1.87. The van der Waals surface area contributed by atoms with Crippen LogP contribution in [-0.2, 0) is 26.0 Å². The minimum absolute atomic E-state index is 0.0187. The van der Waals surface area contributed by atoms with Crippen molar-refractivity contribution in [3.05, 3.63) is 114 Å². The molecule has 0 spiro atoms. The van der Waals surface area contributed by atoms with E-state index >= 15 is 4.39 Å². The zero-order valence-corrected chi connectivity index (χ0v) is 29.7. The van der Waals surface area contributed by atoms with Gasteiger partial charge < -0.3 is 20.1 Å². The van der Waals surface area contributed by atoms with Crippen molar-refractivity contribution in [1.82, 2.24) is 10.6 Å². The fourth-order valence-corrected chi connectivity index (χ4v) is 5.98. The summed E-state index contributed by atoms with van der Waals surface area (Å²) in [5.74, 6) is -0.168. The Labute approximate surface area is 296 Å². The highest BCUT2D eigenvalue weighted by molar-refractivity contribution is 7.90. The van der Waals surface area contributed by atoms with Gasteiger partial charge in [0.1, 0.15) is 17.5 Å². The number of hydrogen-bond acceptors (Lipinski definition) is 7. The molecular weight excluding hydrogens is 686 g/mol. The van der Waals surface area contributed by atoms with Crippen LogP contribution in [0.4, 0.5) is 23.2 Å². The number of carbonyl (C=O) groups is 1. The Hall–Kier alpha value is -4.46. The van der Waals surface area contributed by atoms with Crippen LogP contribution in [0.3, 0.4) is 0 Å². The average Bonchev–Trinajstić information content (AvgIpc) is 3.08. The van der Waals surface area contributed by atoms with Gasteiger partial charge >= 0.3 is 6.18 Å². The van der Waals surface area contributed by atoms with Crippen LogP contribution in [0.1, 0.15) is 37.4 Å². The number of nitrogens with one attached hydrogen (secondary N) is 3. The largest absolute Gasteiger partial charge is 0.497 e. The van der Waals surface area contributed by atoms with Gasteiger partial charge in [-0.25, -0.2) is 12.8 Å². The molecule has 0 radical (unpaired) electrons. The number of anilines is 1. The predicted octanol–water partition coefficient (Wildman–Crippen LogP) is 7.28. The lowest BCUT2D eigenvalue weighted by atomic mass is 9.96. The van der Waals surface area contributed by atoms with E-state index in [-0.39, 0.29) is 30.2 Å². The first-order valence-corrected chi connectivity index (χ1v) is 18.1. The highest BCUT2D eigenvalue weighted by atomic mass is 32.2. The Morgan fingerprint density at radius 2 is 1.41 bits per heavy atom. The number of sulfone groups is 1. The molecule has 4 aromatic rings. The average molecular weight is 730 g/mol. The summed E-state index contributed by atoms with van der Waals surface area (Å²) in [6, 6.07) is 23.3. The summed E-state index contributed by atoms with van der Waals surface area (Å²) in [6.45, 7) is 2.82. The zero-order valence-electron chi connectivity index (χ0n) is 28.8. The molecule has 274 valence electrons. The molecule has 51 heavy (non-hydrogen) atoms. The van der Waals surface area contributed by atoms with Gasteiger partial charge in [0.15, 0.2) is 9.84 Å². The number of carbonyl (C=O) groups excluding carboxylic acids is 1. The Kier molecular flexibility index (Phi) is 13.2. The number of methoxy groups -OCH3 is 1. The van der Waals surface area contributed by atoms with Crippen molar-refractivity contribution in [2.24, 2.45) is 0 Å². The molecule has 0 bridgehead atoms. The molecule has 0 aliphatic carbocycles. The molecule has 8 nitrogen and oxygen atoms in total. The van der Waals surface area contributed by atoms with E-state index < -0.39 is 52.1 Å². The fraction of sp³-hybridized carbons (Fsp3) is 0.342. The number of benzene rings is 4. The summed E-state index contributed by atoms with van der Waals surface area (Å²) in [5.41, 5.74) is 0.594. The Balaban J connectivity index is 1.54. The molecular formula is C38H43F4N3O5S. The predicted molar refractivity (Wildman–Crippen MR) is 190 cm³/mol. The monoisotopic (exact) mass is 729 g/mol. The van der Waals surface area contributed by atoms with Gasteiger partial charge in [0.25, 0.3) is 0 Å². The Morgan fingerprint density at radius 3 is 1.94 bits per heavy atom. The van der Waals surface area contributed by atoms with Crippen molar-refractivity contribution in [1.29, 1.82) is 0 Å². The molecule has 3 atom stereocenters. The molecule has 0 unspecified atom stereocenters. The molecule has 0 heterocycles. The maximum absolute atomic E-state index is 15.1. The molecule has 1 amide bonds. The van der Waals surface area contributed by atoms with Crippen molar-refractivity contribution in [3.8, 4) is 16.9 Å². The Morgan fingerprint density at radius 1 is 0.824 bits per heavy atom. The van der Waals surface area contributed by atoms with E-state index in [0.29, 0.717) is 22.6 Å². The van der Waals surface area contributed by atoms with Crippen molar-refractivity contribution in [2.75, 3.05) is 31.8 Å². The van der Waals surface area contributed by atoms with Crippen LogP contribution in [0.5, 0.6) is 5.75 Å². The topological polar surface area (TPSA) is 106 Å². The number of amides is 1. The summed E-state index contributed by atoms with van der Waals surface area (Å²) >= 11 is 0. The highest BCUT2D eigenvalue weighted by Gasteiger charge is 2.44. The van der Waals surface area contributed by atoms with Gasteiger partial charge in [0.05, 0.1) is 37.3 Å². The van der Waals surface area contributed by atoms with Crippen LogP contribution in [0.15, 0.2) is 108 Å². The minimum atomic E-state index is -4.84. The fourth-order valence-electron chi connectivity index (χ4n) is 5.35. The molecule has 0 saturated heterocycles. The van der Waals surface area contributed by atoms with Crippen LogP contribution in [0.25, 0.3) is 11.1 Å². The van der Waals surface area contributed by atoms with Gasteiger partial charge in [-0.2, -0.15) is 13.2 Å². The second-order valence-corrected chi connectivity index (χ2v) is 14.9. The standard InChI is InChI=1S/C38H43F4N3O5S/c1-37(2,39)22-34(45-35(38(40,41)42)29-12-10-27(11-13-29)28-14-20-33(21-15-28)51(4,47)48)36(46)44-31(25-50-24-26-8-6-5-7-9-26)23-43-30-16-18-32(49-3)19-17-30/h5-21,31,34-35,43,45H,22-25H2,1-4H3,(H,44,46)/t31-,34+,35+/m1/s1. The van der Waals surface area contributed by atoms with Crippen LogP contribution >= 0.6 is 0 Å². The first kappa shape index (κ1) is 39.3. The number of halogens is 4. The number of alkyl halides is 4. The van der Waals surface area contributed by atoms with Crippen molar-refractivity contribution in [3.63, 3.8) is 0 Å². The maximum Gasteiger partial charge on any atom is 0.407 e. The van der Waals surface area contributed by atoms with Crippen LogP contribution in [0, 0.1) is 0 Å². The van der Waals surface area contributed by atoms with E-state index in [4.69, 9.17) is 9.47 Å². The van der Waals surface area contributed by atoms with E-state index in [1.54, 1.807) is 43.5 Å². The lowest BCUT2D eigenvalue weighted by Crippen LogP contribution is -2.54. The second-order valence-electron chi connectivity index (χ2n) is 12.9. The van der Waals surface area contributed by atoms with Crippen molar-refractivity contribution < 1.29 is 40.2 Å². The van der Waals surface area contributed by atoms with Gasteiger partial charge in [0.2, 0.25) is 5.91 Å². The lowest BCUT2D eigenvalue weighted by Gasteiger charge is -2.31. The van der Waals surface area contributed by atoms with E-state index in [1.807, 2.05) is 30.3 Å². The van der Waals surface area contributed by atoms with Crippen LogP contribution in [-0.4, -0.2) is 64.8 Å². The smallest absolute Gasteiger partial charge is 0.407 e. The molecule has 13 heteroatoms. The molecule has 0 aromatic heterocycles. The third-order valence-corrected chi connectivity index (χ3v) is 9.11. The molecule has 4 aromatic carbocycles. The lowest BCUT2D eigenvalue weighted by molar-refractivity contribution is -0.161. The van der Waals surface area contributed by atoms with Gasteiger partial charge in [-0.05, 0) is 72.5 Å². The number of hydrogen-bond donors (Lipinski definition) is 3. The first-order chi connectivity index (χ1) is 24.0. The summed E-state index contributed by atoms with van der Waals surface area (Å²) in [5, 5.41) is 8.39. The Bertz CT molecular complexity index is 1800. The van der Waals surface area contributed by atoms with Gasteiger partial charge in [0, 0.05) is 24.9 Å². The van der Waals surface area contributed by atoms with Crippen LogP contribution < -0.4 is 20.7 Å². The third-order valence-electron chi connectivity index (χ3n) is 7.98. The van der Waals surface area contributed by atoms with E-state index in [1.165, 1.54) is 50.2 Å². The summed E-state index contributed by atoms with van der Waals surface area (Å²) in [6.07, 6.45) is -4.30. The van der Waals surface area contributed by atoms with Crippen LogP contribution in [0.2, 0.25) is 0 Å². The quantitative estimate of drug-likeness (QED) is 0.0982. The SMILES string of the molecule is COc1ccc(NC[C@H](COCc2ccccc2)NC(=O)[C@H](CC(C)(C)F)N[C@@H](c2ccc(-c3ccc(S(C)(=O)=O)cc3)cc2)C(F)(F)F)cc1. The van der Waals surface area contributed by atoms with Gasteiger partial charge in [-0.1, -0.05) is 66.7 Å². The van der Waals surface area contributed by atoms with Crippen molar-refractivity contribution in [2.45, 2.75) is 61.7 Å². The van der Waals surface area contributed by atoms with Gasteiger partial charge in [-0.3, -0.25) is 10.1 Å². The van der Waals surface area contributed by atoms with Crippen molar-refractivity contribution >= 4 is 21.4 Å². The molecule has 0 saturated carbocycles. The van der Waals surface area contributed by atoms with E-state index in [2.05, 4.69) is 16.0 Å². The number of rotatable bonds is 17. The summed E-state index contributed by atoms with van der Waals surface area (Å²) < 4.78 is 93.6. The molecule has 0 aliphatic rings. The summed E-state index contributed by atoms with van der Waals surface area (Å²) in [4.78, 5) is 13.9. The van der Waals surface area contributed by atoms with E-state index in [9.17, 15) is 26.4 Å². The molecule has 0 aliphatic heterocycles. The first-order valence-electron chi connectivity index (χ1n) is 16.2. The third kappa shape index (κ3) is 12.4. The normalized spacial score (nSPS) is 14.0. The molecule has 0 fully saturated rings. The zero-order chi connectivity index (χ0) is 37.2.